The number of ether oxygens (including phenoxy) is 1. The number of hydrogen-bond donors (Lipinski definition) is 0. The molecule has 0 aliphatic heterocycles. The first kappa shape index (κ1) is 18.4. The van der Waals surface area contributed by atoms with Gasteiger partial charge < -0.3 is 4.74 Å². The lowest BCUT2D eigenvalue weighted by atomic mass is 9.51. The molecular weight excluding hydrogens is 348 g/mol. The third-order valence-corrected chi connectivity index (χ3v) is 8.52. The van der Waals surface area contributed by atoms with Gasteiger partial charge in [0.25, 0.3) is 0 Å². The van der Waals surface area contributed by atoms with Crippen molar-refractivity contribution in [2.45, 2.75) is 70.3 Å². The van der Waals surface area contributed by atoms with E-state index in [1.807, 2.05) is 30.3 Å². The predicted octanol–water partition coefficient (Wildman–Crippen LogP) is 5.43. The number of carbonyl (C=O) groups is 2. The molecule has 1 aromatic rings. The van der Waals surface area contributed by atoms with Crippen LogP contribution in [0.2, 0.25) is 0 Å². The molecule has 3 nitrogen and oxygen atoms in total. The summed E-state index contributed by atoms with van der Waals surface area (Å²) in [4.78, 5) is 24.3. The molecule has 0 heterocycles. The van der Waals surface area contributed by atoms with Gasteiger partial charge in [-0.2, -0.15) is 0 Å². The van der Waals surface area contributed by atoms with E-state index in [4.69, 9.17) is 4.74 Å². The second-order valence-electron chi connectivity index (χ2n) is 9.82. The average Bonchev–Trinajstić information content (AvgIpc) is 2.73. The van der Waals surface area contributed by atoms with Crippen LogP contribution in [-0.4, -0.2) is 17.9 Å². The number of benzene rings is 1. The third-order valence-electron chi connectivity index (χ3n) is 8.52. The van der Waals surface area contributed by atoms with Crippen molar-refractivity contribution < 1.29 is 14.3 Å². The monoisotopic (exact) mass is 380 g/mol. The Hall–Kier alpha value is -1.64. The van der Waals surface area contributed by atoms with E-state index in [-0.39, 0.29) is 12.1 Å². The van der Waals surface area contributed by atoms with Crippen molar-refractivity contribution in [3.63, 3.8) is 0 Å². The van der Waals surface area contributed by atoms with Crippen molar-refractivity contribution in [3.05, 3.63) is 35.9 Å². The number of esters is 1. The van der Waals surface area contributed by atoms with Crippen LogP contribution in [0.15, 0.2) is 30.3 Å². The van der Waals surface area contributed by atoms with E-state index in [0.29, 0.717) is 17.3 Å². The summed E-state index contributed by atoms with van der Waals surface area (Å²) < 4.78 is 5.88. The Morgan fingerprint density at radius 1 is 0.786 bits per heavy atom. The van der Waals surface area contributed by atoms with Gasteiger partial charge in [0.2, 0.25) is 0 Å². The molecule has 0 spiro atoms. The highest BCUT2D eigenvalue weighted by molar-refractivity contribution is 5.89. The van der Waals surface area contributed by atoms with E-state index in [1.54, 1.807) is 0 Å². The van der Waals surface area contributed by atoms with Gasteiger partial charge >= 0.3 is 5.97 Å². The Morgan fingerprint density at radius 2 is 1.46 bits per heavy atom. The maximum Gasteiger partial charge on any atom is 0.338 e. The number of carbonyl (C=O) groups excluding carboxylic acids is 2. The lowest BCUT2D eigenvalue weighted by molar-refractivity contribution is -0.127. The summed E-state index contributed by atoms with van der Waals surface area (Å²) in [5.74, 6) is 5.11. The zero-order valence-electron chi connectivity index (χ0n) is 16.7. The second-order valence-corrected chi connectivity index (χ2v) is 9.82. The molecule has 4 fully saturated rings. The molecule has 4 saturated carbocycles. The lowest BCUT2D eigenvalue weighted by Crippen LogP contribution is -2.48. The first-order chi connectivity index (χ1) is 13.7. The summed E-state index contributed by atoms with van der Waals surface area (Å²) in [6.07, 6.45) is 11.5. The van der Waals surface area contributed by atoms with Gasteiger partial charge in [-0.3, -0.25) is 4.79 Å². The van der Waals surface area contributed by atoms with Crippen molar-refractivity contribution in [2.24, 2.45) is 35.5 Å². The van der Waals surface area contributed by atoms with Gasteiger partial charge in [0, 0.05) is 12.8 Å². The summed E-state index contributed by atoms with van der Waals surface area (Å²) >= 11 is 0. The van der Waals surface area contributed by atoms with Crippen LogP contribution in [0.1, 0.15) is 74.6 Å². The molecule has 7 atom stereocenters. The molecule has 0 radical (unpaired) electrons. The molecule has 0 unspecified atom stereocenters. The Balaban J connectivity index is 1.22. The number of rotatable bonds is 2. The fraction of sp³-hybridized carbons (Fsp3) is 0.680. The summed E-state index contributed by atoms with van der Waals surface area (Å²) in [7, 11) is 0. The van der Waals surface area contributed by atoms with Crippen molar-refractivity contribution in [1.82, 2.24) is 0 Å². The van der Waals surface area contributed by atoms with Crippen LogP contribution in [0, 0.1) is 35.5 Å². The molecular formula is C25H32O3. The van der Waals surface area contributed by atoms with Crippen LogP contribution in [0.4, 0.5) is 0 Å². The maximum atomic E-state index is 12.4. The van der Waals surface area contributed by atoms with Gasteiger partial charge in [0.05, 0.1) is 5.56 Å². The first-order valence-corrected chi connectivity index (χ1v) is 11.5. The molecule has 0 aromatic heterocycles. The number of fused-ring (bicyclic) bond motifs is 5. The van der Waals surface area contributed by atoms with E-state index in [9.17, 15) is 9.59 Å². The van der Waals surface area contributed by atoms with Crippen LogP contribution in [-0.2, 0) is 9.53 Å². The quantitative estimate of drug-likeness (QED) is 0.642. The summed E-state index contributed by atoms with van der Waals surface area (Å²) in [5.41, 5.74) is 0.665. The lowest BCUT2D eigenvalue weighted by Gasteiger charge is -2.54. The first-order valence-electron chi connectivity index (χ1n) is 11.5. The molecule has 4 aliphatic rings. The number of hydrogen-bond acceptors (Lipinski definition) is 3. The minimum absolute atomic E-state index is 0.0918. The van der Waals surface area contributed by atoms with Crippen LogP contribution < -0.4 is 0 Å². The van der Waals surface area contributed by atoms with E-state index in [1.165, 1.54) is 32.1 Å². The van der Waals surface area contributed by atoms with Gasteiger partial charge in [-0.05, 0) is 99.0 Å². The third kappa shape index (κ3) is 3.42. The molecule has 150 valence electrons. The van der Waals surface area contributed by atoms with Crippen molar-refractivity contribution >= 4 is 11.8 Å². The molecule has 1 aromatic carbocycles. The van der Waals surface area contributed by atoms with Gasteiger partial charge in [0.1, 0.15) is 11.9 Å². The topological polar surface area (TPSA) is 43.4 Å². The predicted molar refractivity (Wildman–Crippen MR) is 108 cm³/mol. The summed E-state index contributed by atoms with van der Waals surface area (Å²) in [6, 6.07) is 9.39. The van der Waals surface area contributed by atoms with Gasteiger partial charge in [0.15, 0.2) is 0 Å². The minimum atomic E-state index is -0.162. The fourth-order valence-electron chi connectivity index (χ4n) is 7.33. The average molecular weight is 381 g/mol. The zero-order valence-corrected chi connectivity index (χ0v) is 16.7. The molecule has 0 saturated heterocycles. The smallest absolute Gasteiger partial charge is 0.338 e. The van der Waals surface area contributed by atoms with Crippen LogP contribution in [0.5, 0.6) is 0 Å². The van der Waals surface area contributed by atoms with Gasteiger partial charge in [-0.1, -0.05) is 18.2 Å². The normalized spacial score (nSPS) is 40.0. The Bertz CT molecular complexity index is 727. The zero-order chi connectivity index (χ0) is 19.1. The molecule has 0 amide bonds. The van der Waals surface area contributed by atoms with Crippen molar-refractivity contribution in [1.29, 1.82) is 0 Å². The highest BCUT2D eigenvalue weighted by atomic mass is 16.5. The van der Waals surface area contributed by atoms with E-state index in [0.717, 1.165) is 61.7 Å². The van der Waals surface area contributed by atoms with Crippen molar-refractivity contribution in [3.8, 4) is 0 Å². The van der Waals surface area contributed by atoms with Crippen LogP contribution in [0.25, 0.3) is 0 Å². The van der Waals surface area contributed by atoms with E-state index < -0.39 is 0 Å². The molecule has 0 N–H and O–H groups in total. The van der Waals surface area contributed by atoms with Crippen molar-refractivity contribution in [2.75, 3.05) is 0 Å². The van der Waals surface area contributed by atoms with Gasteiger partial charge in [-0.15, -0.1) is 0 Å². The van der Waals surface area contributed by atoms with E-state index in [2.05, 4.69) is 0 Å². The summed E-state index contributed by atoms with van der Waals surface area (Å²) in [5, 5.41) is 0. The van der Waals surface area contributed by atoms with Gasteiger partial charge in [-0.25, -0.2) is 4.79 Å². The van der Waals surface area contributed by atoms with Crippen LogP contribution >= 0.6 is 0 Å². The van der Waals surface area contributed by atoms with Crippen LogP contribution in [0.3, 0.4) is 0 Å². The Labute approximate surface area is 168 Å². The highest BCUT2D eigenvalue weighted by Gasteiger charge is 2.49. The second kappa shape index (κ2) is 7.65. The fourth-order valence-corrected chi connectivity index (χ4v) is 7.33. The summed E-state index contributed by atoms with van der Waals surface area (Å²) in [6.45, 7) is 0. The highest BCUT2D eigenvalue weighted by Crippen LogP contribution is 2.56. The molecule has 5 rings (SSSR count). The SMILES string of the molecule is O=C1CC[C@H]2[C@H](CC[C@@H]3[C@@H]2CC[C@@H]2C[C@@H](OC(=O)c4ccccc4)CC[C@H]23)C1. The number of Topliss-reactive ketones (excluding diaryl/α,β-unsaturated/α-hetero) is 1. The maximum absolute atomic E-state index is 12.4. The molecule has 3 heteroatoms. The molecule has 0 bridgehead atoms. The Kier molecular flexibility index (Phi) is 5.02. The minimum Gasteiger partial charge on any atom is -0.459 e. The van der Waals surface area contributed by atoms with E-state index >= 15 is 0 Å². The number of ketones is 1. The molecule has 4 aliphatic carbocycles. The molecule has 28 heavy (non-hydrogen) atoms. The standard InChI is InChI=1S/C25H32O3/c26-19-8-12-21-17(14-19)6-10-24-22-13-9-20(15-18(22)7-11-23(21)24)28-25(27)16-4-2-1-3-5-16/h1-5,17-18,20-24H,6-15H2/t17-,18-,20+,21+,22-,23-,24+/m1/s1. The Morgan fingerprint density at radius 3 is 2.25 bits per heavy atom. The largest absolute Gasteiger partial charge is 0.459 e.